The highest BCUT2D eigenvalue weighted by molar-refractivity contribution is 9.10. The average Bonchev–Trinajstić information content (AvgIpc) is 3.13. The summed E-state index contributed by atoms with van der Waals surface area (Å²) in [5.41, 5.74) is 1.63. The summed E-state index contributed by atoms with van der Waals surface area (Å²) in [5, 5.41) is 0. The molecule has 0 N–H and O–H groups in total. The van der Waals surface area contributed by atoms with E-state index in [1.54, 1.807) is 4.90 Å². The highest BCUT2D eigenvalue weighted by atomic mass is 79.9. The van der Waals surface area contributed by atoms with Gasteiger partial charge in [0, 0.05) is 4.47 Å². The summed E-state index contributed by atoms with van der Waals surface area (Å²) in [4.78, 5) is 14.9. The number of rotatable bonds is 2. The molecule has 2 aliphatic rings. The molecule has 0 unspecified atom stereocenters. The molecule has 24 heavy (non-hydrogen) atoms. The van der Waals surface area contributed by atoms with Gasteiger partial charge >= 0.3 is 0 Å². The molecule has 0 bridgehead atoms. The number of thiocarbonyl (C=S) groups is 1. The lowest BCUT2D eigenvalue weighted by molar-refractivity contribution is -0.113. The van der Waals surface area contributed by atoms with Crippen LogP contribution >= 0.6 is 39.9 Å². The zero-order valence-electron chi connectivity index (χ0n) is 12.2. The number of thioether (sulfide) groups is 1. The van der Waals surface area contributed by atoms with Crippen LogP contribution in [0.25, 0.3) is 6.08 Å². The zero-order valence-corrected chi connectivity index (χ0v) is 15.4. The summed E-state index contributed by atoms with van der Waals surface area (Å²) in [6.07, 6.45) is 1.82. The molecule has 120 valence electrons. The first-order chi connectivity index (χ1) is 11.6. The minimum absolute atomic E-state index is 0.120. The maximum Gasteiger partial charge on any atom is 0.270 e. The first-order valence-corrected chi connectivity index (χ1v) is 9.07. The molecule has 0 spiro atoms. The van der Waals surface area contributed by atoms with Crippen molar-refractivity contribution in [3.8, 4) is 11.5 Å². The molecule has 0 aliphatic carbocycles. The Hall–Kier alpha value is -1.83. The largest absolute Gasteiger partial charge is 0.454 e. The number of nitrogens with zero attached hydrogens (tertiary/aromatic N) is 1. The van der Waals surface area contributed by atoms with Crippen molar-refractivity contribution in [3.05, 3.63) is 57.4 Å². The molecule has 2 aliphatic heterocycles. The van der Waals surface area contributed by atoms with Crippen molar-refractivity contribution < 1.29 is 14.3 Å². The maximum atomic E-state index is 12.7. The summed E-state index contributed by atoms with van der Waals surface area (Å²) < 4.78 is 12.1. The molecule has 2 aromatic rings. The van der Waals surface area contributed by atoms with Gasteiger partial charge in [0.25, 0.3) is 5.91 Å². The average molecular weight is 420 g/mol. The Morgan fingerprint density at radius 2 is 1.88 bits per heavy atom. The molecule has 2 heterocycles. The van der Waals surface area contributed by atoms with Crippen molar-refractivity contribution in [2.24, 2.45) is 0 Å². The van der Waals surface area contributed by atoms with Crippen LogP contribution < -0.4 is 14.4 Å². The van der Waals surface area contributed by atoms with E-state index < -0.39 is 0 Å². The van der Waals surface area contributed by atoms with Crippen LogP contribution in [0.4, 0.5) is 5.69 Å². The Morgan fingerprint density at radius 3 is 2.67 bits per heavy atom. The van der Waals surface area contributed by atoms with E-state index in [0.29, 0.717) is 15.0 Å². The molecule has 1 fully saturated rings. The zero-order chi connectivity index (χ0) is 16.7. The molecule has 2 aromatic carbocycles. The van der Waals surface area contributed by atoms with Gasteiger partial charge in [-0.1, -0.05) is 46.0 Å². The molecule has 1 saturated heterocycles. The third kappa shape index (κ3) is 2.83. The topological polar surface area (TPSA) is 38.8 Å². The summed E-state index contributed by atoms with van der Waals surface area (Å²) >= 11 is 10.1. The molecule has 0 radical (unpaired) electrons. The lowest BCUT2D eigenvalue weighted by atomic mass is 10.2. The number of carbonyl (C=O) groups is 1. The van der Waals surface area contributed by atoms with E-state index in [1.807, 2.05) is 48.5 Å². The summed E-state index contributed by atoms with van der Waals surface area (Å²) in [5.74, 6) is 1.28. The quantitative estimate of drug-likeness (QED) is 0.525. The second-order valence-electron chi connectivity index (χ2n) is 5.11. The fourth-order valence-corrected chi connectivity index (χ4v) is 4.00. The number of hydrogen-bond acceptors (Lipinski definition) is 5. The van der Waals surface area contributed by atoms with Gasteiger partial charge in [-0.15, -0.1) is 0 Å². The summed E-state index contributed by atoms with van der Waals surface area (Å²) in [7, 11) is 0. The number of halogens is 1. The van der Waals surface area contributed by atoms with Crippen molar-refractivity contribution in [2.45, 2.75) is 0 Å². The number of amides is 1. The van der Waals surface area contributed by atoms with Crippen LogP contribution in [0.1, 0.15) is 5.56 Å². The van der Waals surface area contributed by atoms with Crippen LogP contribution in [0.2, 0.25) is 0 Å². The molecule has 1 amide bonds. The molecular formula is C17H10BrNO3S2. The molecule has 4 nitrogen and oxygen atoms in total. The van der Waals surface area contributed by atoms with Crippen LogP contribution in [0.15, 0.2) is 51.8 Å². The van der Waals surface area contributed by atoms with Crippen molar-refractivity contribution in [1.29, 1.82) is 0 Å². The first-order valence-electron chi connectivity index (χ1n) is 7.05. The van der Waals surface area contributed by atoms with Gasteiger partial charge in [0.2, 0.25) is 6.79 Å². The van der Waals surface area contributed by atoms with E-state index in [1.165, 1.54) is 11.8 Å². The smallest absolute Gasteiger partial charge is 0.270 e. The molecule has 4 rings (SSSR count). The van der Waals surface area contributed by atoms with Crippen molar-refractivity contribution >= 4 is 61.9 Å². The Morgan fingerprint density at radius 1 is 1.12 bits per heavy atom. The molecule has 0 aromatic heterocycles. The molecule has 0 saturated carbocycles. The standard InChI is InChI=1S/C17H10BrNO3S2/c18-11-2-4-12(5-3-11)19-16(20)15(24-17(19)23)8-10-1-6-13-14(7-10)22-9-21-13/h1-8H,9H2. The Balaban J connectivity index is 1.64. The van der Waals surface area contributed by atoms with Gasteiger partial charge in [-0.25, -0.2) is 0 Å². The second-order valence-corrected chi connectivity index (χ2v) is 7.70. The number of hydrogen-bond donors (Lipinski definition) is 0. The summed E-state index contributed by atoms with van der Waals surface area (Å²) in [6.45, 7) is 0.227. The Bertz CT molecular complexity index is 880. The van der Waals surface area contributed by atoms with Gasteiger partial charge < -0.3 is 9.47 Å². The minimum atomic E-state index is -0.120. The van der Waals surface area contributed by atoms with Crippen LogP contribution in [0.3, 0.4) is 0 Å². The van der Waals surface area contributed by atoms with Crippen molar-refractivity contribution in [3.63, 3.8) is 0 Å². The lowest BCUT2D eigenvalue weighted by Gasteiger charge is -2.14. The number of carbonyl (C=O) groups excluding carboxylic acids is 1. The number of benzene rings is 2. The predicted molar refractivity (Wildman–Crippen MR) is 102 cm³/mol. The van der Waals surface area contributed by atoms with Crippen LogP contribution in [0.5, 0.6) is 11.5 Å². The van der Waals surface area contributed by atoms with Gasteiger partial charge in [-0.3, -0.25) is 9.69 Å². The number of ether oxygens (including phenoxy) is 2. The highest BCUT2D eigenvalue weighted by Crippen LogP contribution is 2.38. The van der Waals surface area contributed by atoms with E-state index in [4.69, 9.17) is 21.7 Å². The van der Waals surface area contributed by atoms with Gasteiger partial charge in [-0.05, 0) is 48.0 Å². The number of anilines is 1. The van der Waals surface area contributed by atoms with E-state index >= 15 is 0 Å². The summed E-state index contributed by atoms with van der Waals surface area (Å²) in [6, 6.07) is 13.1. The van der Waals surface area contributed by atoms with Crippen LogP contribution in [-0.4, -0.2) is 17.0 Å². The maximum absolute atomic E-state index is 12.7. The minimum Gasteiger partial charge on any atom is -0.454 e. The Labute approximate surface area is 156 Å². The molecule has 7 heteroatoms. The van der Waals surface area contributed by atoms with Gasteiger partial charge in [0.1, 0.15) is 0 Å². The molecular weight excluding hydrogens is 410 g/mol. The normalized spacial score (nSPS) is 17.9. The van der Waals surface area contributed by atoms with Crippen molar-refractivity contribution in [2.75, 3.05) is 11.7 Å². The fourth-order valence-electron chi connectivity index (χ4n) is 2.43. The SMILES string of the molecule is O=C1C(=Cc2ccc3c(c2)OCO3)SC(=S)N1c1ccc(Br)cc1. The van der Waals surface area contributed by atoms with E-state index in [0.717, 1.165) is 21.5 Å². The number of fused-ring (bicyclic) bond motifs is 1. The van der Waals surface area contributed by atoms with Gasteiger partial charge in [0.15, 0.2) is 15.8 Å². The van der Waals surface area contributed by atoms with Gasteiger partial charge in [0.05, 0.1) is 10.6 Å². The van der Waals surface area contributed by atoms with E-state index in [2.05, 4.69) is 15.9 Å². The lowest BCUT2D eigenvalue weighted by Crippen LogP contribution is -2.27. The highest BCUT2D eigenvalue weighted by Gasteiger charge is 2.33. The van der Waals surface area contributed by atoms with E-state index in [9.17, 15) is 4.79 Å². The molecule has 0 atom stereocenters. The first kappa shape index (κ1) is 15.7. The van der Waals surface area contributed by atoms with Crippen molar-refractivity contribution in [1.82, 2.24) is 0 Å². The third-order valence-corrected chi connectivity index (χ3v) is 5.40. The predicted octanol–water partition coefficient (Wildman–Crippen LogP) is 4.58. The fraction of sp³-hybridized carbons (Fsp3) is 0.0588. The van der Waals surface area contributed by atoms with Crippen LogP contribution in [0, 0.1) is 0 Å². The monoisotopic (exact) mass is 419 g/mol. The van der Waals surface area contributed by atoms with E-state index in [-0.39, 0.29) is 12.7 Å². The second kappa shape index (κ2) is 6.23. The third-order valence-electron chi connectivity index (χ3n) is 3.57. The van der Waals surface area contributed by atoms with Crippen LogP contribution in [-0.2, 0) is 4.79 Å². The van der Waals surface area contributed by atoms with Gasteiger partial charge in [-0.2, -0.15) is 0 Å². The Kier molecular flexibility index (Phi) is 4.07.